The highest BCUT2D eigenvalue weighted by Gasteiger charge is 2.55. The van der Waals surface area contributed by atoms with Gasteiger partial charge < -0.3 is 15.0 Å². The molecule has 1 amide bonds. The van der Waals surface area contributed by atoms with Crippen LogP contribution in [0.15, 0.2) is 66.3 Å². The molecule has 2 N–H and O–H groups in total. The number of carboxylic acids is 1. The average molecular weight is 472 g/mol. The second-order valence-corrected chi connectivity index (χ2v) is 10.7. The lowest BCUT2D eigenvalue weighted by molar-refractivity contribution is -0.155. The summed E-state index contributed by atoms with van der Waals surface area (Å²) in [5.41, 5.74) is 4.91. The number of fused-ring (bicyclic) bond motifs is 1. The second kappa shape index (κ2) is 8.09. The number of aromatic nitrogens is 2. The first kappa shape index (κ1) is 21.1. The number of carboxylic acid groups (broad SMARTS) is 1. The molecular formula is C27H25N3O3S. The van der Waals surface area contributed by atoms with E-state index in [0.717, 1.165) is 52.7 Å². The van der Waals surface area contributed by atoms with Crippen LogP contribution in [0.1, 0.15) is 41.6 Å². The molecule has 0 aliphatic heterocycles. The third-order valence-electron chi connectivity index (χ3n) is 7.38. The van der Waals surface area contributed by atoms with Crippen molar-refractivity contribution in [2.45, 2.75) is 38.3 Å². The third kappa shape index (κ3) is 3.70. The van der Waals surface area contributed by atoms with E-state index in [-0.39, 0.29) is 23.3 Å². The Labute approximate surface area is 201 Å². The highest BCUT2D eigenvalue weighted by Crippen LogP contribution is 2.58. The molecule has 0 unspecified atom stereocenters. The molecule has 2 saturated carbocycles. The van der Waals surface area contributed by atoms with Crippen LogP contribution in [-0.4, -0.2) is 32.6 Å². The van der Waals surface area contributed by atoms with Gasteiger partial charge in [0.15, 0.2) is 0 Å². The molecule has 2 aliphatic rings. The Morgan fingerprint density at radius 3 is 2.59 bits per heavy atom. The number of hydrogen-bond acceptors (Lipinski definition) is 4. The predicted octanol–water partition coefficient (Wildman–Crippen LogP) is 5.19. The van der Waals surface area contributed by atoms with E-state index in [1.807, 2.05) is 54.2 Å². The summed E-state index contributed by atoms with van der Waals surface area (Å²) in [6.07, 6.45) is 7.19. The van der Waals surface area contributed by atoms with Gasteiger partial charge in [-0.25, -0.2) is 0 Å². The zero-order chi connectivity index (χ0) is 23.3. The van der Waals surface area contributed by atoms with Crippen LogP contribution in [0.5, 0.6) is 0 Å². The number of benzene rings is 1. The van der Waals surface area contributed by atoms with Gasteiger partial charge in [0.2, 0.25) is 0 Å². The largest absolute Gasteiger partial charge is 0.481 e. The smallest absolute Gasteiger partial charge is 0.306 e. The van der Waals surface area contributed by atoms with Crippen molar-refractivity contribution in [1.29, 1.82) is 0 Å². The van der Waals surface area contributed by atoms with E-state index in [9.17, 15) is 9.59 Å². The number of pyridine rings is 1. The van der Waals surface area contributed by atoms with Crippen molar-refractivity contribution in [3.05, 3.63) is 77.4 Å². The monoisotopic (exact) mass is 471 g/mol. The van der Waals surface area contributed by atoms with Crippen LogP contribution in [0.4, 0.5) is 0 Å². The van der Waals surface area contributed by atoms with Crippen molar-refractivity contribution in [3.8, 4) is 11.3 Å². The van der Waals surface area contributed by atoms with E-state index in [1.165, 1.54) is 0 Å². The summed E-state index contributed by atoms with van der Waals surface area (Å²) >= 11 is 1.58. The van der Waals surface area contributed by atoms with Crippen molar-refractivity contribution in [3.63, 3.8) is 0 Å². The highest BCUT2D eigenvalue weighted by molar-refractivity contribution is 7.17. The van der Waals surface area contributed by atoms with E-state index >= 15 is 0 Å². The fourth-order valence-corrected chi connectivity index (χ4v) is 6.59. The van der Waals surface area contributed by atoms with Gasteiger partial charge in [0.05, 0.1) is 27.4 Å². The minimum Gasteiger partial charge on any atom is -0.481 e. The molecule has 3 heterocycles. The zero-order valence-electron chi connectivity index (χ0n) is 18.6. The molecular weight excluding hydrogens is 446 g/mol. The number of nitrogens with zero attached hydrogens (tertiary/aromatic N) is 2. The Morgan fingerprint density at radius 1 is 1.09 bits per heavy atom. The topological polar surface area (TPSA) is 84.2 Å². The Bertz CT molecular complexity index is 1360. The average Bonchev–Trinajstić information content (AvgIpc) is 3.38. The summed E-state index contributed by atoms with van der Waals surface area (Å²) < 4.78 is 3.21. The van der Waals surface area contributed by atoms with Gasteiger partial charge in [0.25, 0.3) is 5.91 Å². The van der Waals surface area contributed by atoms with Crippen LogP contribution >= 0.6 is 11.3 Å². The summed E-state index contributed by atoms with van der Waals surface area (Å²) in [6, 6.07) is 16.4. The van der Waals surface area contributed by atoms with E-state index < -0.39 is 5.97 Å². The first-order chi connectivity index (χ1) is 16.5. The number of hydrogen-bond donors (Lipinski definition) is 2. The molecule has 0 atom stereocenters. The number of aliphatic carboxylic acids is 1. The first-order valence-corrected chi connectivity index (χ1v) is 12.5. The van der Waals surface area contributed by atoms with Crippen LogP contribution in [0.2, 0.25) is 0 Å². The maximum atomic E-state index is 13.1. The van der Waals surface area contributed by atoms with Crippen molar-refractivity contribution in [2.24, 2.45) is 11.3 Å². The fourth-order valence-electron chi connectivity index (χ4n) is 5.65. The molecule has 1 aromatic carbocycles. The molecule has 0 saturated heterocycles. The van der Waals surface area contributed by atoms with Crippen LogP contribution < -0.4 is 5.32 Å². The van der Waals surface area contributed by atoms with Gasteiger partial charge in [-0.3, -0.25) is 14.6 Å². The van der Waals surface area contributed by atoms with Crippen LogP contribution in [0.3, 0.4) is 0 Å². The van der Waals surface area contributed by atoms with Gasteiger partial charge in [-0.15, -0.1) is 11.3 Å². The molecule has 0 radical (unpaired) electrons. The zero-order valence-corrected chi connectivity index (χ0v) is 19.4. The van der Waals surface area contributed by atoms with Crippen molar-refractivity contribution < 1.29 is 14.7 Å². The summed E-state index contributed by atoms with van der Waals surface area (Å²) in [4.78, 5) is 28.8. The van der Waals surface area contributed by atoms with E-state index in [4.69, 9.17) is 5.11 Å². The maximum Gasteiger partial charge on any atom is 0.306 e. The quantitative estimate of drug-likeness (QED) is 0.406. The van der Waals surface area contributed by atoms with Gasteiger partial charge in [0.1, 0.15) is 0 Å². The van der Waals surface area contributed by atoms with E-state index in [0.29, 0.717) is 12.1 Å². The molecule has 1 spiro atoms. The maximum absolute atomic E-state index is 13.1. The molecule has 2 aliphatic carbocycles. The summed E-state index contributed by atoms with van der Waals surface area (Å²) in [5.74, 6) is -0.935. The van der Waals surface area contributed by atoms with Crippen LogP contribution in [0.25, 0.3) is 21.5 Å². The van der Waals surface area contributed by atoms with Crippen LogP contribution in [-0.2, 0) is 11.3 Å². The van der Waals surface area contributed by atoms with Gasteiger partial charge >= 0.3 is 5.97 Å². The molecule has 172 valence electrons. The number of nitrogens with one attached hydrogen (secondary N) is 1. The molecule has 6 nitrogen and oxygen atoms in total. The van der Waals surface area contributed by atoms with Crippen molar-refractivity contribution in [2.75, 3.05) is 0 Å². The van der Waals surface area contributed by atoms with Gasteiger partial charge in [-0.05, 0) is 48.8 Å². The number of rotatable bonds is 6. The summed E-state index contributed by atoms with van der Waals surface area (Å²) in [5, 5.41) is 14.2. The molecule has 6 rings (SSSR count). The minimum atomic E-state index is -0.690. The SMILES string of the molecule is O=C(NC1CC2(C1)CC(C(=O)O)C2)c1csc2ccn(Cc3ccc(-c4ccccc4)nc3)c12. The number of amides is 1. The normalized spacial score (nSPS) is 23.4. The van der Waals surface area contributed by atoms with Crippen LogP contribution in [0, 0.1) is 11.3 Å². The summed E-state index contributed by atoms with van der Waals surface area (Å²) in [7, 11) is 0. The highest BCUT2D eigenvalue weighted by atomic mass is 32.1. The second-order valence-electron chi connectivity index (χ2n) is 9.75. The predicted molar refractivity (Wildman–Crippen MR) is 132 cm³/mol. The Balaban J connectivity index is 1.14. The molecule has 2 fully saturated rings. The lowest BCUT2D eigenvalue weighted by Crippen LogP contribution is -2.57. The first-order valence-electron chi connectivity index (χ1n) is 11.6. The standard InChI is InChI=1S/C27H25N3O3S/c31-25(29-20-12-27(13-20)10-19(11-27)26(32)33)21-16-34-23-8-9-30(24(21)23)15-17-6-7-22(28-14-17)18-4-2-1-3-5-18/h1-9,14,16,19-20H,10-13,15H2,(H,29,31)(H,32,33). The molecule has 3 aromatic heterocycles. The van der Waals surface area contributed by atoms with E-state index in [2.05, 4.69) is 27.0 Å². The van der Waals surface area contributed by atoms with Gasteiger partial charge in [0, 0.05) is 35.9 Å². The van der Waals surface area contributed by atoms with E-state index in [1.54, 1.807) is 11.3 Å². The van der Waals surface area contributed by atoms with Crippen molar-refractivity contribution in [1.82, 2.24) is 14.9 Å². The number of thiophene rings is 1. The lowest BCUT2D eigenvalue weighted by Gasteiger charge is -2.56. The molecule has 7 heteroatoms. The van der Waals surface area contributed by atoms with Gasteiger partial charge in [-0.2, -0.15) is 0 Å². The molecule has 0 bridgehead atoms. The Kier molecular flexibility index (Phi) is 5.03. The lowest BCUT2D eigenvalue weighted by atomic mass is 9.50. The van der Waals surface area contributed by atoms with Gasteiger partial charge in [-0.1, -0.05) is 36.4 Å². The molecule has 4 aromatic rings. The minimum absolute atomic E-state index is 0.0438. The molecule has 34 heavy (non-hydrogen) atoms. The third-order valence-corrected chi connectivity index (χ3v) is 8.32. The Morgan fingerprint density at radius 2 is 1.88 bits per heavy atom. The van der Waals surface area contributed by atoms with Crippen molar-refractivity contribution >= 4 is 33.4 Å². The number of carbonyl (C=O) groups is 2. The fraction of sp³-hybridized carbons (Fsp3) is 0.296. The summed E-state index contributed by atoms with van der Waals surface area (Å²) in [6.45, 7) is 0.645. The number of carbonyl (C=O) groups excluding carboxylic acids is 1. The Hall–Kier alpha value is -3.45.